The van der Waals surface area contributed by atoms with Gasteiger partial charge in [-0.3, -0.25) is 4.79 Å². The smallest absolute Gasteiger partial charge is 0.135 e. The van der Waals surface area contributed by atoms with Gasteiger partial charge in [-0.15, -0.1) is 0 Å². The lowest BCUT2D eigenvalue weighted by Crippen LogP contribution is -2.20. The Bertz CT molecular complexity index is 140. The molecule has 1 heteroatoms. The van der Waals surface area contributed by atoms with Gasteiger partial charge >= 0.3 is 0 Å². The molecule has 1 rings (SSSR count). The van der Waals surface area contributed by atoms with Crippen molar-refractivity contribution in [2.75, 3.05) is 0 Å². The fourth-order valence-corrected chi connectivity index (χ4v) is 1.74. The molecule has 0 aliphatic heterocycles. The second-order valence-electron chi connectivity index (χ2n) is 3.83. The van der Waals surface area contributed by atoms with Crippen LogP contribution in [0, 0.1) is 11.8 Å². The highest BCUT2D eigenvalue weighted by Crippen LogP contribution is 2.24. The van der Waals surface area contributed by atoms with E-state index in [2.05, 4.69) is 13.8 Å². The summed E-state index contributed by atoms with van der Waals surface area (Å²) in [5.74, 6) is 1.41. The molecule has 0 heterocycles. The SMILES string of the molecule is CC1CCCCCC(=O)C1C. The van der Waals surface area contributed by atoms with Crippen molar-refractivity contribution in [1.29, 1.82) is 0 Å². The van der Waals surface area contributed by atoms with E-state index in [1.807, 2.05) is 0 Å². The minimum absolute atomic E-state index is 0.315. The van der Waals surface area contributed by atoms with Crippen LogP contribution in [0.1, 0.15) is 46.0 Å². The molecule has 2 atom stereocenters. The molecule has 0 N–H and O–H groups in total. The topological polar surface area (TPSA) is 17.1 Å². The molecule has 0 bridgehead atoms. The lowest BCUT2D eigenvalue weighted by molar-refractivity contribution is -0.124. The van der Waals surface area contributed by atoms with Crippen LogP contribution in [0.15, 0.2) is 0 Å². The highest BCUT2D eigenvalue weighted by molar-refractivity contribution is 5.80. The van der Waals surface area contributed by atoms with Crippen LogP contribution < -0.4 is 0 Å². The van der Waals surface area contributed by atoms with Crippen molar-refractivity contribution in [2.24, 2.45) is 11.8 Å². The van der Waals surface area contributed by atoms with Crippen LogP contribution in [-0.4, -0.2) is 5.78 Å². The quantitative estimate of drug-likeness (QED) is 0.524. The van der Waals surface area contributed by atoms with Gasteiger partial charge in [0.15, 0.2) is 0 Å². The Balaban J connectivity index is 2.49. The van der Waals surface area contributed by atoms with E-state index in [0.717, 1.165) is 12.8 Å². The predicted octanol–water partition coefficient (Wildman–Crippen LogP) is 2.79. The van der Waals surface area contributed by atoms with E-state index in [9.17, 15) is 4.79 Å². The highest BCUT2D eigenvalue weighted by Gasteiger charge is 2.20. The summed E-state index contributed by atoms with van der Waals surface area (Å²) in [4.78, 5) is 11.4. The lowest BCUT2D eigenvalue weighted by atomic mass is 9.83. The predicted molar refractivity (Wildman–Crippen MR) is 46.4 cm³/mol. The van der Waals surface area contributed by atoms with E-state index < -0.39 is 0 Å². The lowest BCUT2D eigenvalue weighted by Gasteiger charge is -2.21. The third kappa shape index (κ3) is 2.32. The molecule has 0 amide bonds. The molecule has 1 nitrogen and oxygen atoms in total. The Hall–Kier alpha value is -0.330. The third-order valence-corrected chi connectivity index (χ3v) is 2.94. The number of ketones is 1. The zero-order chi connectivity index (χ0) is 8.27. The van der Waals surface area contributed by atoms with Crippen LogP contribution in [0.3, 0.4) is 0 Å². The Morgan fingerprint density at radius 1 is 1.18 bits per heavy atom. The summed E-state index contributed by atoms with van der Waals surface area (Å²) in [5, 5.41) is 0. The van der Waals surface area contributed by atoms with Crippen molar-refractivity contribution in [3.8, 4) is 0 Å². The number of Topliss-reactive ketones (excluding diaryl/α,β-unsaturated/α-hetero) is 1. The molecule has 11 heavy (non-hydrogen) atoms. The van der Waals surface area contributed by atoms with Crippen LogP contribution >= 0.6 is 0 Å². The highest BCUT2D eigenvalue weighted by atomic mass is 16.1. The van der Waals surface area contributed by atoms with Gasteiger partial charge in [-0.1, -0.05) is 33.1 Å². The van der Waals surface area contributed by atoms with Gasteiger partial charge in [0, 0.05) is 12.3 Å². The molecule has 0 saturated heterocycles. The molecule has 64 valence electrons. The first kappa shape index (κ1) is 8.76. The standard InChI is InChI=1S/C10H18O/c1-8-6-4-3-5-7-10(11)9(8)2/h8-9H,3-7H2,1-2H3. The van der Waals surface area contributed by atoms with Crippen LogP contribution in [0.5, 0.6) is 0 Å². The second-order valence-corrected chi connectivity index (χ2v) is 3.83. The van der Waals surface area contributed by atoms with Gasteiger partial charge in [0.25, 0.3) is 0 Å². The summed E-state index contributed by atoms with van der Waals surface area (Å²) in [5.41, 5.74) is 0. The molecule has 0 spiro atoms. The van der Waals surface area contributed by atoms with Crippen molar-refractivity contribution < 1.29 is 4.79 Å². The molecule has 0 radical (unpaired) electrons. The van der Waals surface area contributed by atoms with E-state index in [4.69, 9.17) is 0 Å². The van der Waals surface area contributed by atoms with Gasteiger partial charge < -0.3 is 0 Å². The van der Waals surface area contributed by atoms with Crippen molar-refractivity contribution in [1.82, 2.24) is 0 Å². The third-order valence-electron chi connectivity index (χ3n) is 2.94. The molecular weight excluding hydrogens is 136 g/mol. The van der Waals surface area contributed by atoms with Crippen molar-refractivity contribution in [3.63, 3.8) is 0 Å². The Kier molecular flexibility index (Phi) is 3.10. The largest absolute Gasteiger partial charge is 0.299 e. The maximum atomic E-state index is 11.4. The zero-order valence-electron chi connectivity index (χ0n) is 7.60. The first-order valence-electron chi connectivity index (χ1n) is 4.74. The Labute approximate surface area is 69.2 Å². The zero-order valence-corrected chi connectivity index (χ0v) is 7.60. The van der Waals surface area contributed by atoms with Gasteiger partial charge in [-0.25, -0.2) is 0 Å². The minimum atomic E-state index is 0.315. The van der Waals surface area contributed by atoms with Gasteiger partial charge in [0.1, 0.15) is 5.78 Å². The van der Waals surface area contributed by atoms with E-state index in [1.54, 1.807) is 0 Å². The fourth-order valence-electron chi connectivity index (χ4n) is 1.74. The van der Waals surface area contributed by atoms with Crippen LogP contribution in [0.25, 0.3) is 0 Å². The molecule has 1 aliphatic rings. The number of hydrogen-bond acceptors (Lipinski definition) is 1. The van der Waals surface area contributed by atoms with E-state index in [-0.39, 0.29) is 0 Å². The average Bonchev–Trinajstić information content (AvgIpc) is 2.00. The van der Waals surface area contributed by atoms with E-state index in [0.29, 0.717) is 17.6 Å². The molecule has 0 aromatic carbocycles. The van der Waals surface area contributed by atoms with E-state index in [1.165, 1.54) is 19.3 Å². The van der Waals surface area contributed by atoms with Crippen molar-refractivity contribution >= 4 is 5.78 Å². The minimum Gasteiger partial charge on any atom is -0.299 e. The molecule has 2 unspecified atom stereocenters. The molecule has 1 fully saturated rings. The number of carbonyl (C=O) groups excluding carboxylic acids is 1. The van der Waals surface area contributed by atoms with Crippen LogP contribution in [0.2, 0.25) is 0 Å². The Morgan fingerprint density at radius 3 is 2.64 bits per heavy atom. The maximum absolute atomic E-state index is 11.4. The second kappa shape index (κ2) is 3.89. The van der Waals surface area contributed by atoms with Gasteiger partial charge in [-0.05, 0) is 12.3 Å². The van der Waals surface area contributed by atoms with Gasteiger partial charge in [0.05, 0.1) is 0 Å². The number of carbonyl (C=O) groups is 1. The summed E-state index contributed by atoms with van der Waals surface area (Å²) >= 11 is 0. The summed E-state index contributed by atoms with van der Waals surface area (Å²) in [6.45, 7) is 4.28. The van der Waals surface area contributed by atoms with Crippen molar-refractivity contribution in [2.45, 2.75) is 46.0 Å². The molecule has 0 aromatic heterocycles. The number of hydrogen-bond donors (Lipinski definition) is 0. The molecule has 0 aromatic rings. The summed E-state index contributed by atoms with van der Waals surface area (Å²) in [6, 6.07) is 0. The van der Waals surface area contributed by atoms with Crippen LogP contribution in [0.4, 0.5) is 0 Å². The Morgan fingerprint density at radius 2 is 1.91 bits per heavy atom. The number of rotatable bonds is 0. The van der Waals surface area contributed by atoms with Gasteiger partial charge in [-0.2, -0.15) is 0 Å². The fraction of sp³-hybridized carbons (Fsp3) is 0.900. The maximum Gasteiger partial charge on any atom is 0.135 e. The molecule has 1 saturated carbocycles. The normalized spacial score (nSPS) is 34.5. The first-order valence-corrected chi connectivity index (χ1v) is 4.74. The first-order chi connectivity index (χ1) is 5.22. The summed E-state index contributed by atoms with van der Waals surface area (Å²) in [7, 11) is 0. The summed E-state index contributed by atoms with van der Waals surface area (Å²) < 4.78 is 0. The molecule has 1 aliphatic carbocycles. The summed E-state index contributed by atoms with van der Waals surface area (Å²) in [6.07, 6.45) is 5.76. The van der Waals surface area contributed by atoms with Gasteiger partial charge in [0.2, 0.25) is 0 Å². The van der Waals surface area contributed by atoms with Crippen molar-refractivity contribution in [3.05, 3.63) is 0 Å². The molecular formula is C10H18O. The van der Waals surface area contributed by atoms with Crippen LogP contribution in [-0.2, 0) is 4.79 Å². The van der Waals surface area contributed by atoms with E-state index >= 15 is 0 Å². The average molecular weight is 154 g/mol. The monoisotopic (exact) mass is 154 g/mol.